The van der Waals surface area contributed by atoms with Gasteiger partial charge < -0.3 is 20.1 Å². The molecular formula is H2B2K2O4. The van der Waals surface area contributed by atoms with Gasteiger partial charge >= 0.3 is 110 Å². The van der Waals surface area contributed by atoms with Crippen molar-refractivity contribution < 1.29 is 123 Å². The van der Waals surface area contributed by atoms with Gasteiger partial charge in [-0.3, -0.25) is 0 Å². The number of hydrogen-bond donors (Lipinski definition) is 2. The van der Waals surface area contributed by atoms with E-state index in [4.69, 9.17) is 20.1 Å². The van der Waals surface area contributed by atoms with Crippen LogP contribution in [0.15, 0.2) is 0 Å². The van der Waals surface area contributed by atoms with Crippen LogP contribution in [0, 0.1) is 0 Å². The van der Waals surface area contributed by atoms with Crippen LogP contribution in [0.25, 0.3) is 0 Å². The van der Waals surface area contributed by atoms with Gasteiger partial charge in [0.05, 0.1) is 0 Å². The van der Waals surface area contributed by atoms with Crippen molar-refractivity contribution >= 4 is 15.4 Å². The van der Waals surface area contributed by atoms with E-state index in [1.54, 1.807) is 0 Å². The van der Waals surface area contributed by atoms with Crippen molar-refractivity contribution in [2.24, 2.45) is 0 Å². The molecule has 2 radical (unpaired) electrons. The van der Waals surface area contributed by atoms with Gasteiger partial charge in [-0.2, -0.15) is 0 Å². The first-order valence-electron chi connectivity index (χ1n) is 0.988. The smallest absolute Gasteiger partial charge is 0.900 e. The van der Waals surface area contributed by atoms with Gasteiger partial charge in [0.1, 0.15) is 0 Å². The molecule has 0 aromatic heterocycles. The monoisotopic (exact) mass is 166 g/mol. The number of hydrogen-bond acceptors (Lipinski definition) is 4. The van der Waals surface area contributed by atoms with Crippen LogP contribution >= 0.6 is 0 Å². The minimum Gasteiger partial charge on any atom is -0.900 e. The Labute approximate surface area is 135 Å². The molecule has 0 atom stereocenters. The maximum absolute atomic E-state index is 8.25. The standard InChI is InChI=1S/BH2O2.BO2.2K/c2*2-1-3;;/h2-3H;;;/q;-2;2*+1. The van der Waals surface area contributed by atoms with E-state index in [0.29, 0.717) is 0 Å². The first-order valence-corrected chi connectivity index (χ1v) is 0.988. The van der Waals surface area contributed by atoms with E-state index >= 15 is 0 Å². The fourth-order valence-corrected chi connectivity index (χ4v) is 0. The van der Waals surface area contributed by atoms with Gasteiger partial charge in [-0.25, -0.2) is 7.69 Å². The van der Waals surface area contributed by atoms with E-state index < -0.39 is 7.69 Å². The fourth-order valence-electron chi connectivity index (χ4n) is 0. The van der Waals surface area contributed by atoms with Gasteiger partial charge in [0.25, 0.3) is 0 Å². The molecule has 0 saturated carbocycles. The second kappa shape index (κ2) is 31.8. The molecule has 0 amide bonds. The summed E-state index contributed by atoms with van der Waals surface area (Å²) in [6.07, 6.45) is 0. The van der Waals surface area contributed by atoms with Crippen LogP contribution < -0.4 is 113 Å². The zero-order valence-electron chi connectivity index (χ0n) is 4.87. The zero-order valence-corrected chi connectivity index (χ0v) is 11.1. The van der Waals surface area contributed by atoms with Crippen molar-refractivity contribution in [2.45, 2.75) is 0 Å². The van der Waals surface area contributed by atoms with Crippen LogP contribution in [0.3, 0.4) is 0 Å². The maximum atomic E-state index is 8.25. The van der Waals surface area contributed by atoms with Crippen molar-refractivity contribution in [1.29, 1.82) is 0 Å². The van der Waals surface area contributed by atoms with Gasteiger partial charge in [0.15, 0.2) is 0 Å². The Morgan fingerprint density at radius 3 is 1.00 bits per heavy atom. The zero-order chi connectivity index (χ0) is 5.41. The summed E-state index contributed by atoms with van der Waals surface area (Å²) in [5.41, 5.74) is 0. The van der Waals surface area contributed by atoms with Gasteiger partial charge in [0.2, 0.25) is 0 Å². The molecule has 0 aromatic rings. The average molecular weight is 166 g/mol. The molecule has 0 saturated heterocycles. The molecule has 0 aliphatic rings. The van der Waals surface area contributed by atoms with Crippen LogP contribution in [0.4, 0.5) is 0 Å². The topological polar surface area (TPSA) is 86.6 Å². The van der Waals surface area contributed by atoms with Crippen molar-refractivity contribution in [3.8, 4) is 0 Å². The maximum Gasteiger partial charge on any atom is 1.00 e. The molecule has 0 spiro atoms. The SMILES string of the molecule is O[B]O.[K+].[K+].[O-][B][O-]. The van der Waals surface area contributed by atoms with Gasteiger partial charge in [-0.15, -0.1) is 0 Å². The first kappa shape index (κ1) is 22.5. The third kappa shape index (κ3) is 59.7. The first-order chi connectivity index (χ1) is 2.83. The van der Waals surface area contributed by atoms with Crippen molar-refractivity contribution in [3.05, 3.63) is 0 Å². The largest absolute Gasteiger partial charge is 1.00 e. The Bertz CT molecular complexity index is 14.0. The van der Waals surface area contributed by atoms with E-state index in [0.717, 1.165) is 0 Å². The Morgan fingerprint density at radius 1 is 1.00 bits per heavy atom. The summed E-state index contributed by atoms with van der Waals surface area (Å²) in [6, 6.07) is 0. The second-order valence-corrected chi connectivity index (χ2v) is 0.212. The van der Waals surface area contributed by atoms with Gasteiger partial charge in [0, 0.05) is 0 Å². The quantitative estimate of drug-likeness (QED) is 0.349. The predicted octanol–water partition coefficient (Wildman–Crippen LogP) is -10.2. The molecule has 0 aliphatic heterocycles. The van der Waals surface area contributed by atoms with Crippen molar-refractivity contribution in [1.82, 2.24) is 0 Å². The molecular weight excluding hydrogens is 164 g/mol. The molecule has 8 heavy (non-hydrogen) atoms. The summed E-state index contributed by atoms with van der Waals surface area (Å²) >= 11 is 0. The molecule has 4 nitrogen and oxygen atoms in total. The Kier molecular flexibility index (Phi) is 89.5. The van der Waals surface area contributed by atoms with E-state index in [-0.39, 0.29) is 110 Å². The predicted molar refractivity (Wildman–Crippen MR) is 15.9 cm³/mol. The normalized spacial score (nSPS) is 3.50. The fraction of sp³-hybridized carbons (Fsp3) is 0. The summed E-state index contributed by atoms with van der Waals surface area (Å²) in [7, 11) is -0.500. The molecule has 0 heterocycles. The third-order valence-corrected chi connectivity index (χ3v) is 0. The Balaban J connectivity index is -0.0000000160. The second-order valence-electron chi connectivity index (χ2n) is 0.212. The molecule has 8 heteroatoms. The molecule has 0 fully saturated rings. The van der Waals surface area contributed by atoms with Crippen LogP contribution in [0.1, 0.15) is 0 Å². The van der Waals surface area contributed by atoms with Gasteiger partial charge in [-0.1, -0.05) is 0 Å². The molecule has 2 N–H and O–H groups in total. The summed E-state index contributed by atoms with van der Waals surface area (Å²) in [5.74, 6) is 0. The van der Waals surface area contributed by atoms with Crippen LogP contribution in [0.5, 0.6) is 0 Å². The Hall–Kier alpha value is 3.24. The third-order valence-electron chi connectivity index (χ3n) is 0. The van der Waals surface area contributed by atoms with Crippen LogP contribution in [0.2, 0.25) is 0 Å². The van der Waals surface area contributed by atoms with E-state index in [1.807, 2.05) is 0 Å². The molecule has 0 unspecified atom stereocenters. The van der Waals surface area contributed by atoms with E-state index in [9.17, 15) is 0 Å². The van der Waals surface area contributed by atoms with Crippen LogP contribution in [-0.4, -0.2) is 25.4 Å². The summed E-state index contributed by atoms with van der Waals surface area (Å²) in [6.45, 7) is 0. The molecule has 34 valence electrons. The number of rotatable bonds is 0. The van der Waals surface area contributed by atoms with Gasteiger partial charge in [-0.05, 0) is 0 Å². The molecule has 0 bridgehead atoms. The summed E-state index contributed by atoms with van der Waals surface area (Å²) < 4.78 is 0. The van der Waals surface area contributed by atoms with Crippen LogP contribution in [-0.2, 0) is 0 Å². The summed E-state index contributed by atoms with van der Waals surface area (Å²) in [5, 5.41) is 30.5. The summed E-state index contributed by atoms with van der Waals surface area (Å²) in [4.78, 5) is 0. The molecule has 0 aromatic carbocycles. The Morgan fingerprint density at radius 2 is 1.00 bits per heavy atom. The minimum atomic E-state index is -0.500. The molecule has 0 aliphatic carbocycles. The average Bonchev–Trinajstić information content (AvgIpc) is 1.39. The minimum absolute atomic E-state index is 0. The van der Waals surface area contributed by atoms with E-state index in [2.05, 4.69) is 0 Å². The van der Waals surface area contributed by atoms with Crippen molar-refractivity contribution in [2.75, 3.05) is 0 Å². The van der Waals surface area contributed by atoms with E-state index in [1.165, 1.54) is 0 Å². The molecule has 0 rings (SSSR count). The van der Waals surface area contributed by atoms with Crippen molar-refractivity contribution in [3.63, 3.8) is 0 Å².